The van der Waals surface area contributed by atoms with Gasteiger partial charge in [-0.15, -0.1) is 34.0 Å². The first-order valence-electron chi connectivity index (χ1n) is 17.5. The van der Waals surface area contributed by atoms with Crippen molar-refractivity contribution in [1.29, 1.82) is 0 Å². The third kappa shape index (κ3) is 4.87. The molecule has 0 aliphatic rings. The van der Waals surface area contributed by atoms with Crippen LogP contribution in [0.15, 0.2) is 176 Å². The van der Waals surface area contributed by atoms with Crippen molar-refractivity contribution in [2.24, 2.45) is 0 Å². The molecule has 0 saturated carbocycles. The Balaban J connectivity index is 1.01. The lowest BCUT2D eigenvalue weighted by Gasteiger charge is -2.26. The minimum Gasteiger partial charge on any atom is -0.310 e. The molecule has 0 atom stereocenters. The van der Waals surface area contributed by atoms with Crippen molar-refractivity contribution < 1.29 is 0 Å². The van der Waals surface area contributed by atoms with Gasteiger partial charge in [0, 0.05) is 77.6 Å². The predicted octanol–water partition coefficient (Wildman–Crippen LogP) is 15.6. The molecule has 11 rings (SSSR count). The second-order valence-corrected chi connectivity index (χ2v) is 16.6. The monoisotopic (exact) mass is 715 g/mol. The second-order valence-electron chi connectivity index (χ2n) is 13.3. The molecule has 3 heterocycles. The van der Waals surface area contributed by atoms with Gasteiger partial charge in [-0.2, -0.15) is 0 Å². The van der Waals surface area contributed by atoms with Crippen LogP contribution in [0.25, 0.3) is 82.8 Å². The van der Waals surface area contributed by atoms with Crippen LogP contribution >= 0.6 is 34.0 Å². The fourth-order valence-corrected chi connectivity index (χ4v) is 11.0. The number of rotatable bonds is 5. The van der Waals surface area contributed by atoms with Crippen molar-refractivity contribution in [3.05, 3.63) is 176 Å². The summed E-state index contributed by atoms with van der Waals surface area (Å²) in [6, 6.07) is 65.0. The Bertz CT molecular complexity index is 2970. The van der Waals surface area contributed by atoms with E-state index in [-0.39, 0.29) is 0 Å². The predicted molar refractivity (Wildman–Crippen MR) is 231 cm³/mol. The Hall–Kier alpha value is -5.78. The van der Waals surface area contributed by atoms with E-state index in [0.717, 1.165) is 17.1 Å². The summed E-state index contributed by atoms with van der Waals surface area (Å²) >= 11 is 5.59. The van der Waals surface area contributed by atoms with Crippen LogP contribution in [-0.2, 0) is 0 Å². The lowest BCUT2D eigenvalue weighted by atomic mass is 10.0. The third-order valence-corrected chi connectivity index (χ3v) is 13.7. The molecule has 0 unspecified atom stereocenters. The van der Waals surface area contributed by atoms with E-state index in [4.69, 9.17) is 0 Å². The van der Waals surface area contributed by atoms with Crippen molar-refractivity contribution in [2.45, 2.75) is 0 Å². The summed E-state index contributed by atoms with van der Waals surface area (Å²) in [5, 5.41) is 7.91. The zero-order valence-corrected chi connectivity index (χ0v) is 30.4. The zero-order valence-electron chi connectivity index (χ0n) is 27.9. The van der Waals surface area contributed by atoms with Crippen LogP contribution in [0.2, 0.25) is 0 Å². The SMILES string of the molecule is c1ccc2c(c1)sc1ccc(-c3ccc(N(c4ccc(-c5ccc6sc7ccccc7c6c5)cc4)c4ccc5sc6ccccc6c5c4)cc3)cc12. The maximum absolute atomic E-state index is 2.39. The number of thiophene rings is 3. The highest BCUT2D eigenvalue weighted by atomic mass is 32.1. The van der Waals surface area contributed by atoms with E-state index in [1.165, 1.54) is 82.8 Å². The summed E-state index contributed by atoms with van der Waals surface area (Å²) in [7, 11) is 0. The van der Waals surface area contributed by atoms with Crippen LogP contribution < -0.4 is 4.90 Å². The molecule has 1 nitrogen and oxygen atoms in total. The molecule has 0 spiro atoms. The molecule has 0 saturated heterocycles. The Kier molecular flexibility index (Phi) is 6.84. The van der Waals surface area contributed by atoms with Crippen molar-refractivity contribution in [3.63, 3.8) is 0 Å². The smallest absolute Gasteiger partial charge is 0.0468 e. The highest BCUT2D eigenvalue weighted by Gasteiger charge is 2.16. The molecule has 3 aromatic heterocycles. The number of benzene rings is 8. The number of hydrogen-bond acceptors (Lipinski definition) is 4. The quantitative estimate of drug-likeness (QED) is 0.171. The lowest BCUT2D eigenvalue weighted by Crippen LogP contribution is -2.09. The molecule has 0 aliphatic carbocycles. The van der Waals surface area contributed by atoms with E-state index in [0.29, 0.717) is 0 Å². The van der Waals surface area contributed by atoms with Gasteiger partial charge in [-0.3, -0.25) is 0 Å². The first-order valence-corrected chi connectivity index (χ1v) is 19.9. The van der Waals surface area contributed by atoms with Gasteiger partial charge < -0.3 is 4.90 Å². The maximum Gasteiger partial charge on any atom is 0.0468 e. The molecule has 8 aromatic carbocycles. The standard InChI is InChI=1S/C48H29NS3/c1-4-10-43-37(7-1)40-27-32(17-24-46(40)50-43)30-13-19-34(20-14-30)49(36-23-26-48-42(29-36)39-9-3-6-12-45(39)52-48)35-21-15-31(16-22-35)33-18-25-47-41(28-33)38-8-2-5-11-44(38)51-47/h1-29H. The molecule has 52 heavy (non-hydrogen) atoms. The highest BCUT2D eigenvalue weighted by Crippen LogP contribution is 2.43. The third-order valence-electron chi connectivity index (χ3n) is 10.3. The summed E-state index contributed by atoms with van der Waals surface area (Å²) in [4.78, 5) is 2.39. The summed E-state index contributed by atoms with van der Waals surface area (Å²) < 4.78 is 7.96. The topological polar surface area (TPSA) is 3.24 Å². The van der Waals surface area contributed by atoms with Gasteiger partial charge in [0.25, 0.3) is 0 Å². The van der Waals surface area contributed by atoms with Gasteiger partial charge in [0.1, 0.15) is 0 Å². The number of fused-ring (bicyclic) bond motifs is 9. The number of anilines is 3. The van der Waals surface area contributed by atoms with Crippen LogP contribution in [0.1, 0.15) is 0 Å². The van der Waals surface area contributed by atoms with Crippen LogP contribution in [0, 0.1) is 0 Å². The normalized spacial score (nSPS) is 11.8. The highest BCUT2D eigenvalue weighted by molar-refractivity contribution is 7.26. The molecule has 0 fully saturated rings. The average Bonchev–Trinajstić information content (AvgIpc) is 3.89. The molecular weight excluding hydrogens is 687 g/mol. The summed E-state index contributed by atoms with van der Waals surface area (Å²) in [6.45, 7) is 0. The summed E-state index contributed by atoms with van der Waals surface area (Å²) in [5.74, 6) is 0. The van der Waals surface area contributed by atoms with E-state index < -0.39 is 0 Å². The fourth-order valence-electron chi connectivity index (χ4n) is 7.72. The molecular formula is C48H29NS3. The molecule has 0 N–H and O–H groups in total. The van der Waals surface area contributed by atoms with Crippen molar-refractivity contribution in [2.75, 3.05) is 4.90 Å². The lowest BCUT2D eigenvalue weighted by molar-refractivity contribution is 1.29. The number of nitrogens with zero attached hydrogens (tertiary/aromatic N) is 1. The Morgan fingerprint density at radius 3 is 1.02 bits per heavy atom. The fraction of sp³-hybridized carbons (Fsp3) is 0. The zero-order chi connectivity index (χ0) is 34.2. The van der Waals surface area contributed by atoms with Gasteiger partial charge in [-0.25, -0.2) is 0 Å². The summed E-state index contributed by atoms with van der Waals surface area (Å²) in [6.07, 6.45) is 0. The Morgan fingerprint density at radius 1 is 0.250 bits per heavy atom. The summed E-state index contributed by atoms with van der Waals surface area (Å²) in [5.41, 5.74) is 8.31. The van der Waals surface area contributed by atoms with E-state index in [1.807, 2.05) is 34.0 Å². The average molecular weight is 716 g/mol. The Morgan fingerprint density at radius 2 is 0.577 bits per heavy atom. The molecule has 4 heteroatoms. The van der Waals surface area contributed by atoms with Gasteiger partial charge in [0.05, 0.1) is 0 Å². The molecule has 244 valence electrons. The number of hydrogen-bond donors (Lipinski definition) is 0. The van der Waals surface area contributed by atoms with E-state index >= 15 is 0 Å². The van der Waals surface area contributed by atoms with Gasteiger partial charge >= 0.3 is 0 Å². The molecule has 0 amide bonds. The van der Waals surface area contributed by atoms with Crippen LogP contribution in [0.3, 0.4) is 0 Å². The van der Waals surface area contributed by atoms with E-state index in [2.05, 4.69) is 181 Å². The molecule has 11 aromatic rings. The van der Waals surface area contributed by atoms with E-state index in [9.17, 15) is 0 Å². The van der Waals surface area contributed by atoms with Crippen molar-refractivity contribution in [3.8, 4) is 22.3 Å². The van der Waals surface area contributed by atoms with Crippen molar-refractivity contribution in [1.82, 2.24) is 0 Å². The van der Waals surface area contributed by atoms with Crippen LogP contribution in [-0.4, -0.2) is 0 Å². The van der Waals surface area contributed by atoms with Gasteiger partial charge in [-0.1, -0.05) is 91.0 Å². The minimum atomic E-state index is 1.13. The minimum absolute atomic E-state index is 1.13. The maximum atomic E-state index is 2.39. The Labute approximate surface area is 312 Å². The largest absolute Gasteiger partial charge is 0.310 e. The van der Waals surface area contributed by atoms with Gasteiger partial charge in [0.2, 0.25) is 0 Å². The van der Waals surface area contributed by atoms with Gasteiger partial charge in [0.15, 0.2) is 0 Å². The second kappa shape index (κ2) is 11.9. The first-order chi connectivity index (χ1) is 25.7. The van der Waals surface area contributed by atoms with Crippen molar-refractivity contribution >= 4 is 112 Å². The van der Waals surface area contributed by atoms with Crippen LogP contribution in [0.4, 0.5) is 17.1 Å². The van der Waals surface area contributed by atoms with Crippen LogP contribution in [0.5, 0.6) is 0 Å². The van der Waals surface area contributed by atoms with E-state index in [1.54, 1.807) is 0 Å². The van der Waals surface area contributed by atoms with Gasteiger partial charge in [-0.05, 0) is 107 Å². The molecule has 0 radical (unpaired) electrons. The first kappa shape index (κ1) is 29.9. The molecule has 0 aliphatic heterocycles. The molecule has 0 bridgehead atoms.